The van der Waals surface area contributed by atoms with Gasteiger partial charge in [0.2, 0.25) is 0 Å². The van der Waals surface area contributed by atoms with Gasteiger partial charge in [0.15, 0.2) is 18.5 Å². The second-order valence-electron chi connectivity index (χ2n) is 5.07. The molecule has 0 spiro atoms. The van der Waals surface area contributed by atoms with Crippen molar-refractivity contribution in [2.75, 3.05) is 27.9 Å². The van der Waals surface area contributed by atoms with E-state index in [0.717, 1.165) is 0 Å². The van der Waals surface area contributed by atoms with Crippen molar-refractivity contribution < 1.29 is 43.1 Å². The Hall–Kier alpha value is -1.26. The highest BCUT2D eigenvalue weighted by Gasteiger charge is 2.52. The summed E-state index contributed by atoms with van der Waals surface area (Å²) in [5, 5.41) is 10.1. The van der Waals surface area contributed by atoms with Crippen LogP contribution in [-0.4, -0.2) is 81.8 Å². The molecule has 0 aromatic carbocycles. The van der Waals surface area contributed by atoms with Crippen molar-refractivity contribution >= 4 is 11.9 Å². The van der Waals surface area contributed by atoms with Crippen LogP contribution in [0, 0.1) is 0 Å². The van der Waals surface area contributed by atoms with Crippen LogP contribution in [0.25, 0.3) is 0 Å². The van der Waals surface area contributed by atoms with E-state index in [0.29, 0.717) is 0 Å². The summed E-state index contributed by atoms with van der Waals surface area (Å²) in [6, 6.07) is 0. The molecule has 0 aromatic heterocycles. The lowest BCUT2D eigenvalue weighted by Gasteiger charge is -2.44. The minimum Gasteiger partial charge on any atom is -0.456 e. The minimum atomic E-state index is -1.39. The topological polar surface area (TPSA) is 110 Å². The van der Waals surface area contributed by atoms with Crippen LogP contribution in [0.15, 0.2) is 0 Å². The zero-order valence-corrected chi connectivity index (χ0v) is 13.9. The summed E-state index contributed by atoms with van der Waals surface area (Å²) < 4.78 is 31.4. The van der Waals surface area contributed by atoms with Crippen molar-refractivity contribution in [1.29, 1.82) is 0 Å². The van der Waals surface area contributed by atoms with E-state index in [1.54, 1.807) is 0 Å². The molecule has 1 aliphatic heterocycles. The molecule has 23 heavy (non-hydrogen) atoms. The van der Waals surface area contributed by atoms with Crippen LogP contribution in [0.2, 0.25) is 0 Å². The molecular formula is C14H24O9. The Morgan fingerprint density at radius 3 is 2.04 bits per heavy atom. The lowest BCUT2D eigenvalue weighted by atomic mass is 9.94. The molecular weight excluding hydrogens is 312 g/mol. The van der Waals surface area contributed by atoms with E-state index in [1.807, 2.05) is 0 Å². The fraction of sp³-hybridized carbons (Fsp3) is 0.857. The molecule has 6 atom stereocenters. The van der Waals surface area contributed by atoms with Gasteiger partial charge in [-0.2, -0.15) is 0 Å². The number of carbonyl (C=O) groups is 2. The summed E-state index contributed by atoms with van der Waals surface area (Å²) in [5.74, 6) is -1.21. The van der Waals surface area contributed by atoms with E-state index in [4.69, 9.17) is 28.4 Å². The van der Waals surface area contributed by atoms with Gasteiger partial charge in [-0.1, -0.05) is 0 Å². The number of hydrogen-bond acceptors (Lipinski definition) is 9. The van der Waals surface area contributed by atoms with Gasteiger partial charge in [-0.15, -0.1) is 0 Å². The Morgan fingerprint density at radius 2 is 1.61 bits per heavy atom. The Kier molecular flexibility index (Phi) is 7.86. The average Bonchev–Trinajstić information content (AvgIpc) is 2.46. The molecule has 134 valence electrons. The third-order valence-corrected chi connectivity index (χ3v) is 3.43. The second-order valence-corrected chi connectivity index (χ2v) is 5.07. The van der Waals surface area contributed by atoms with E-state index in [-0.39, 0.29) is 6.61 Å². The zero-order valence-electron chi connectivity index (χ0n) is 13.9. The van der Waals surface area contributed by atoms with Gasteiger partial charge in [0.25, 0.3) is 0 Å². The van der Waals surface area contributed by atoms with E-state index in [1.165, 1.54) is 35.2 Å². The number of esters is 2. The number of aliphatic hydroxyl groups excluding tert-OH is 1. The Labute approximate surface area is 134 Å². The maximum Gasteiger partial charge on any atom is 0.303 e. The number of carbonyl (C=O) groups excluding carboxylic acids is 2. The van der Waals surface area contributed by atoms with E-state index >= 15 is 0 Å². The van der Waals surface area contributed by atoms with Gasteiger partial charge in [-0.25, -0.2) is 0 Å². The smallest absolute Gasteiger partial charge is 0.303 e. The van der Waals surface area contributed by atoms with Gasteiger partial charge in [0.05, 0.1) is 6.61 Å². The molecule has 0 aliphatic carbocycles. The standard InChI is InChI=1S/C14H24O9/c1-7(15)21-11-10(9(19-4)6-18-3)23-14(17)13(20-5)12(11)22-8(2)16/h9-14,17H,6H2,1-5H3/t9-,10+,11+,12-,13-,14+/m0/s1. The van der Waals surface area contributed by atoms with Crippen LogP contribution in [0.3, 0.4) is 0 Å². The first-order valence-corrected chi connectivity index (χ1v) is 7.08. The summed E-state index contributed by atoms with van der Waals surface area (Å²) in [5.41, 5.74) is 0. The molecule has 9 nitrogen and oxygen atoms in total. The largest absolute Gasteiger partial charge is 0.456 e. The first kappa shape index (κ1) is 19.8. The highest BCUT2D eigenvalue weighted by molar-refractivity contribution is 5.67. The number of hydrogen-bond donors (Lipinski definition) is 1. The van der Waals surface area contributed by atoms with Crippen molar-refractivity contribution in [3.63, 3.8) is 0 Å². The van der Waals surface area contributed by atoms with Crippen molar-refractivity contribution in [2.24, 2.45) is 0 Å². The van der Waals surface area contributed by atoms with Crippen LogP contribution in [0.1, 0.15) is 13.8 Å². The van der Waals surface area contributed by atoms with Crippen molar-refractivity contribution in [3.8, 4) is 0 Å². The Bertz CT molecular complexity index is 400. The van der Waals surface area contributed by atoms with Gasteiger partial charge in [0.1, 0.15) is 18.3 Å². The summed E-state index contributed by atoms with van der Waals surface area (Å²) in [7, 11) is 4.21. The highest BCUT2D eigenvalue weighted by Crippen LogP contribution is 2.29. The van der Waals surface area contributed by atoms with Crippen molar-refractivity contribution in [1.82, 2.24) is 0 Å². The molecule has 9 heteroatoms. The fourth-order valence-electron chi connectivity index (χ4n) is 2.51. The summed E-state index contributed by atoms with van der Waals surface area (Å²) in [6.07, 6.45) is -6.05. The number of rotatable bonds is 7. The molecule has 1 heterocycles. The van der Waals surface area contributed by atoms with Crippen LogP contribution >= 0.6 is 0 Å². The molecule has 1 saturated heterocycles. The first-order chi connectivity index (χ1) is 10.8. The van der Waals surface area contributed by atoms with Gasteiger partial charge in [-0.3, -0.25) is 9.59 Å². The quantitative estimate of drug-likeness (QED) is 0.600. The minimum absolute atomic E-state index is 0.121. The third kappa shape index (κ3) is 5.11. The number of ether oxygens (including phenoxy) is 6. The molecule has 1 rings (SSSR count). The van der Waals surface area contributed by atoms with Crippen LogP contribution in [0.5, 0.6) is 0 Å². The zero-order chi connectivity index (χ0) is 17.6. The van der Waals surface area contributed by atoms with Crippen molar-refractivity contribution in [3.05, 3.63) is 0 Å². The summed E-state index contributed by atoms with van der Waals surface area (Å²) in [4.78, 5) is 22.8. The van der Waals surface area contributed by atoms with Gasteiger partial charge >= 0.3 is 11.9 Å². The Balaban J connectivity index is 3.15. The van der Waals surface area contributed by atoms with Crippen molar-refractivity contribution in [2.45, 2.75) is 50.7 Å². The molecule has 0 bridgehead atoms. The number of methoxy groups -OCH3 is 3. The monoisotopic (exact) mass is 336 g/mol. The maximum atomic E-state index is 11.4. The highest BCUT2D eigenvalue weighted by atomic mass is 16.7. The SMILES string of the molecule is COC[C@H](OC)[C@H]1O[C@@H](O)[C@@H](OC)[C@@H](OC(C)=O)[C@@H]1OC(C)=O. The molecule has 0 aromatic rings. The molecule has 1 aliphatic rings. The Morgan fingerprint density at radius 1 is 1.04 bits per heavy atom. The third-order valence-electron chi connectivity index (χ3n) is 3.43. The molecule has 0 saturated carbocycles. The van der Waals surface area contributed by atoms with Crippen LogP contribution in [0.4, 0.5) is 0 Å². The van der Waals surface area contributed by atoms with Crippen LogP contribution in [-0.2, 0) is 38.0 Å². The fourth-order valence-corrected chi connectivity index (χ4v) is 2.51. The second kappa shape index (κ2) is 9.14. The molecule has 1 N–H and O–H groups in total. The van der Waals surface area contributed by atoms with Gasteiger partial charge in [0, 0.05) is 35.2 Å². The first-order valence-electron chi connectivity index (χ1n) is 7.08. The number of aliphatic hydroxyl groups is 1. The summed E-state index contributed by atoms with van der Waals surface area (Å²) >= 11 is 0. The van der Waals surface area contributed by atoms with Gasteiger partial charge < -0.3 is 33.5 Å². The average molecular weight is 336 g/mol. The maximum absolute atomic E-state index is 11.4. The lowest BCUT2D eigenvalue weighted by Crippen LogP contribution is -2.64. The van der Waals surface area contributed by atoms with E-state index in [9.17, 15) is 14.7 Å². The normalized spacial score (nSPS) is 32.2. The van der Waals surface area contributed by atoms with Crippen LogP contribution < -0.4 is 0 Å². The molecule has 1 fully saturated rings. The molecule has 0 radical (unpaired) electrons. The predicted octanol–water partition coefficient (Wildman–Crippen LogP) is -0.757. The van der Waals surface area contributed by atoms with E-state index < -0.39 is 48.7 Å². The van der Waals surface area contributed by atoms with E-state index in [2.05, 4.69) is 0 Å². The molecule has 0 unspecified atom stereocenters. The summed E-state index contributed by atoms with van der Waals surface area (Å²) in [6.45, 7) is 2.54. The lowest BCUT2D eigenvalue weighted by molar-refractivity contribution is -0.309. The predicted molar refractivity (Wildman–Crippen MR) is 75.5 cm³/mol. The van der Waals surface area contributed by atoms with Gasteiger partial charge in [-0.05, 0) is 0 Å². The molecule has 0 amide bonds.